The van der Waals surface area contributed by atoms with Crippen LogP contribution in [-0.4, -0.2) is 16.2 Å². The van der Waals surface area contributed by atoms with E-state index in [1.54, 1.807) is 13.2 Å². The minimum absolute atomic E-state index is 0.0393. The van der Waals surface area contributed by atoms with Gasteiger partial charge < -0.3 is 9.30 Å². The third-order valence-electron chi connectivity index (χ3n) is 8.77. The van der Waals surface area contributed by atoms with E-state index in [4.69, 9.17) is 32.9 Å². The molecule has 5 nitrogen and oxygen atoms in total. The Labute approximate surface area is 273 Å². The molecule has 1 aliphatic carbocycles. The highest BCUT2D eigenvalue weighted by molar-refractivity contribution is 7.07. The van der Waals surface area contributed by atoms with Crippen LogP contribution in [0.15, 0.2) is 113 Å². The van der Waals surface area contributed by atoms with E-state index in [1.165, 1.54) is 22.5 Å². The van der Waals surface area contributed by atoms with Gasteiger partial charge in [-0.1, -0.05) is 95.2 Å². The highest BCUT2D eigenvalue weighted by Crippen LogP contribution is 2.41. The topological polar surface area (TPSA) is 48.5 Å². The first kappa shape index (κ1) is 28.1. The number of rotatable bonds is 5. The van der Waals surface area contributed by atoms with Crippen LogP contribution in [-0.2, 0) is 13.0 Å². The second-order valence-corrected chi connectivity index (χ2v) is 13.2. The van der Waals surface area contributed by atoms with Crippen LogP contribution in [0.1, 0.15) is 40.3 Å². The molecule has 0 amide bonds. The van der Waals surface area contributed by atoms with Gasteiger partial charge in [-0.2, -0.15) is 0 Å². The van der Waals surface area contributed by atoms with E-state index in [0.29, 0.717) is 25.9 Å². The fourth-order valence-electron chi connectivity index (χ4n) is 6.60. The fraction of sp³-hybridized carbons (Fsp3) is 0.135. The Morgan fingerprint density at radius 3 is 2.60 bits per heavy atom. The van der Waals surface area contributed by atoms with Gasteiger partial charge in [0.05, 0.1) is 23.4 Å². The molecule has 0 N–H and O–H groups in total. The molecule has 8 rings (SSSR count). The molecule has 0 radical (unpaired) electrons. The average Bonchev–Trinajstić information content (AvgIpc) is 3.57. The number of para-hydroxylation sites is 1. The summed E-state index contributed by atoms with van der Waals surface area (Å²) in [7, 11) is 1.66. The standard InChI is InChI=1S/C37H27Cl2N3O2S/c1-44-27-15-11-23(12-16-27)35-30-17-13-22-6-2-3-8-29(22)34(30)40-37-42(35)36(43)33(45-37)18-25-21-41(32-9-5-4-7-28(25)32)20-24-10-14-26(38)19-31(24)39/h2-12,14-16,18-19,21,35H,13,17,20H2,1H3/b33-18-/t35-/m0/s1. The van der Waals surface area contributed by atoms with Gasteiger partial charge in [0.25, 0.3) is 5.56 Å². The summed E-state index contributed by atoms with van der Waals surface area (Å²) in [5, 5.41) is 2.29. The average molecular weight is 649 g/mol. The third-order valence-corrected chi connectivity index (χ3v) is 10.3. The highest BCUT2D eigenvalue weighted by atomic mass is 35.5. The Hall–Kier alpha value is -4.36. The largest absolute Gasteiger partial charge is 0.497 e. The van der Waals surface area contributed by atoms with Crippen LogP contribution in [0.4, 0.5) is 0 Å². The molecule has 45 heavy (non-hydrogen) atoms. The van der Waals surface area contributed by atoms with Gasteiger partial charge in [-0.05, 0) is 71.5 Å². The molecular formula is C37H27Cl2N3O2S. The number of allylic oxidation sites excluding steroid dienone is 1. The van der Waals surface area contributed by atoms with Gasteiger partial charge in [0.1, 0.15) is 5.75 Å². The first-order chi connectivity index (χ1) is 22.0. The van der Waals surface area contributed by atoms with E-state index in [0.717, 1.165) is 57.4 Å². The summed E-state index contributed by atoms with van der Waals surface area (Å²) in [4.78, 5) is 20.2. The SMILES string of the molecule is COc1ccc([C@H]2C3=C(N=c4s/c(=C\c5cn(Cc6ccc(Cl)cc6Cl)c6ccccc56)c(=O)n42)c2ccccc2CC3)cc1. The number of thiazole rings is 1. The van der Waals surface area contributed by atoms with Gasteiger partial charge >= 0.3 is 0 Å². The van der Waals surface area contributed by atoms with Crippen molar-refractivity contribution in [3.8, 4) is 5.75 Å². The van der Waals surface area contributed by atoms with Crippen LogP contribution in [0.3, 0.4) is 0 Å². The van der Waals surface area contributed by atoms with Crippen LogP contribution < -0.4 is 19.6 Å². The maximum atomic E-state index is 14.4. The Morgan fingerprint density at radius 1 is 0.978 bits per heavy atom. The van der Waals surface area contributed by atoms with Crippen molar-refractivity contribution in [2.24, 2.45) is 4.99 Å². The first-order valence-electron chi connectivity index (χ1n) is 14.8. The van der Waals surface area contributed by atoms with Crippen molar-refractivity contribution in [1.82, 2.24) is 9.13 Å². The summed E-state index contributed by atoms with van der Waals surface area (Å²) in [6.07, 6.45) is 5.86. The summed E-state index contributed by atoms with van der Waals surface area (Å²) < 4.78 is 10.1. The zero-order valence-electron chi connectivity index (χ0n) is 24.3. The van der Waals surface area contributed by atoms with Gasteiger partial charge in [-0.25, -0.2) is 4.99 Å². The zero-order chi connectivity index (χ0) is 30.7. The summed E-state index contributed by atoms with van der Waals surface area (Å²) >= 11 is 14.1. The van der Waals surface area contributed by atoms with Crippen molar-refractivity contribution in [2.45, 2.75) is 25.4 Å². The molecule has 1 atom stereocenters. The van der Waals surface area contributed by atoms with Gasteiger partial charge in [0, 0.05) is 44.8 Å². The molecule has 0 spiro atoms. The molecule has 6 aromatic rings. The summed E-state index contributed by atoms with van der Waals surface area (Å²) in [5.74, 6) is 0.783. The van der Waals surface area contributed by atoms with Crippen molar-refractivity contribution < 1.29 is 4.74 Å². The number of nitrogens with zero attached hydrogens (tertiary/aromatic N) is 3. The van der Waals surface area contributed by atoms with Crippen molar-refractivity contribution in [1.29, 1.82) is 0 Å². The number of halogens is 2. The van der Waals surface area contributed by atoms with E-state index < -0.39 is 0 Å². The molecule has 0 saturated carbocycles. The van der Waals surface area contributed by atoms with Gasteiger partial charge in [-0.3, -0.25) is 9.36 Å². The summed E-state index contributed by atoms with van der Waals surface area (Å²) in [6.45, 7) is 0.579. The molecule has 0 fully saturated rings. The molecule has 8 heteroatoms. The monoisotopic (exact) mass is 647 g/mol. The van der Waals surface area contributed by atoms with E-state index >= 15 is 0 Å². The smallest absolute Gasteiger partial charge is 0.271 e. The Kier molecular flexibility index (Phi) is 7.01. The lowest BCUT2D eigenvalue weighted by atomic mass is 9.83. The Bertz CT molecular complexity index is 2350. The van der Waals surface area contributed by atoms with Crippen molar-refractivity contribution in [3.05, 3.63) is 160 Å². The van der Waals surface area contributed by atoms with E-state index in [1.807, 2.05) is 47.0 Å². The Balaban J connectivity index is 1.30. The second kappa shape index (κ2) is 11.2. The molecule has 2 aromatic heterocycles. The molecule has 0 saturated heterocycles. The first-order valence-corrected chi connectivity index (χ1v) is 16.3. The lowest BCUT2D eigenvalue weighted by molar-refractivity contribution is 0.414. The number of fused-ring (bicyclic) bond motifs is 4. The van der Waals surface area contributed by atoms with Gasteiger partial charge in [0.15, 0.2) is 4.80 Å². The van der Waals surface area contributed by atoms with Gasteiger partial charge in [-0.15, -0.1) is 0 Å². The van der Waals surface area contributed by atoms with Crippen LogP contribution in [0, 0.1) is 0 Å². The predicted molar refractivity (Wildman–Crippen MR) is 183 cm³/mol. The quantitative estimate of drug-likeness (QED) is 0.193. The zero-order valence-corrected chi connectivity index (χ0v) is 26.7. The van der Waals surface area contributed by atoms with E-state index in [-0.39, 0.29) is 11.6 Å². The molecule has 0 bridgehead atoms. The summed E-state index contributed by atoms with van der Waals surface area (Å²) in [5.41, 5.74) is 8.61. The number of hydrogen-bond donors (Lipinski definition) is 0. The number of benzene rings is 4. The van der Waals surface area contributed by atoms with Crippen molar-refractivity contribution >= 4 is 57.2 Å². The highest BCUT2D eigenvalue weighted by Gasteiger charge is 2.32. The number of hydrogen-bond acceptors (Lipinski definition) is 4. The molecule has 0 unspecified atom stereocenters. The number of ether oxygens (including phenoxy) is 1. The van der Waals surface area contributed by atoms with Crippen LogP contribution >= 0.6 is 34.5 Å². The van der Waals surface area contributed by atoms with Crippen LogP contribution in [0.5, 0.6) is 5.75 Å². The molecule has 4 aromatic carbocycles. The van der Waals surface area contributed by atoms with E-state index in [9.17, 15) is 4.79 Å². The number of aryl methyl sites for hydroxylation is 1. The van der Waals surface area contributed by atoms with Crippen LogP contribution in [0.2, 0.25) is 10.0 Å². The summed E-state index contributed by atoms with van der Waals surface area (Å²) in [6, 6.07) is 30.1. The molecule has 2 aliphatic rings. The normalized spacial score (nSPS) is 15.9. The van der Waals surface area contributed by atoms with E-state index in [2.05, 4.69) is 59.3 Å². The molecular weight excluding hydrogens is 621 g/mol. The molecule has 1 aliphatic heterocycles. The second-order valence-electron chi connectivity index (χ2n) is 11.4. The number of methoxy groups -OCH3 is 1. The van der Waals surface area contributed by atoms with Crippen LogP contribution in [0.25, 0.3) is 22.7 Å². The minimum Gasteiger partial charge on any atom is -0.497 e. The lowest BCUT2D eigenvalue weighted by Gasteiger charge is -2.30. The number of aromatic nitrogens is 2. The fourth-order valence-corrected chi connectivity index (χ4v) is 8.06. The minimum atomic E-state index is -0.244. The lowest BCUT2D eigenvalue weighted by Crippen LogP contribution is -2.38. The maximum absolute atomic E-state index is 14.4. The maximum Gasteiger partial charge on any atom is 0.271 e. The predicted octanol–water partition coefficient (Wildman–Crippen LogP) is 7.64. The van der Waals surface area contributed by atoms with Crippen molar-refractivity contribution in [3.63, 3.8) is 0 Å². The van der Waals surface area contributed by atoms with Crippen molar-refractivity contribution in [2.75, 3.05) is 7.11 Å². The third kappa shape index (κ3) is 4.85. The van der Waals surface area contributed by atoms with Gasteiger partial charge in [0.2, 0.25) is 0 Å². The molecule has 3 heterocycles. The Morgan fingerprint density at radius 2 is 1.78 bits per heavy atom. The molecule has 222 valence electrons.